The Morgan fingerprint density at radius 3 is 1.46 bits per heavy atom. The molecule has 0 radical (unpaired) electrons. The van der Waals surface area contributed by atoms with Crippen LogP contribution < -0.4 is 0 Å². The SMILES string of the molecule is CC/C=C/C/C=C/CCCCCCCC(=O)OC(COCCC(C(=O)O)[N+](C)(C)C)COC(=O)CCCCCCCCC/C=C/CCCCCCCCCCCC. The molecule has 8 nitrogen and oxygen atoms in total. The topological polar surface area (TPSA) is 99.1 Å². The van der Waals surface area contributed by atoms with Gasteiger partial charge >= 0.3 is 17.9 Å². The first kappa shape index (κ1) is 54.6. The second-order valence-electron chi connectivity index (χ2n) is 17.0. The summed E-state index contributed by atoms with van der Waals surface area (Å²) < 4.78 is 17.3. The maximum absolute atomic E-state index is 12.7. The van der Waals surface area contributed by atoms with E-state index in [0.717, 1.165) is 70.6 Å². The predicted octanol–water partition coefficient (Wildman–Crippen LogP) is 13.0. The van der Waals surface area contributed by atoms with Gasteiger partial charge < -0.3 is 23.8 Å². The predicted molar refractivity (Wildman–Crippen MR) is 238 cm³/mol. The van der Waals surface area contributed by atoms with Gasteiger partial charge in [0.15, 0.2) is 12.1 Å². The largest absolute Gasteiger partial charge is 0.477 e. The molecule has 0 bridgehead atoms. The highest BCUT2D eigenvalue weighted by atomic mass is 16.6. The van der Waals surface area contributed by atoms with E-state index in [1.54, 1.807) is 0 Å². The highest BCUT2D eigenvalue weighted by Crippen LogP contribution is 2.15. The maximum atomic E-state index is 12.7. The van der Waals surface area contributed by atoms with E-state index in [0.29, 0.717) is 19.3 Å². The second kappa shape index (κ2) is 40.3. The lowest BCUT2D eigenvalue weighted by molar-refractivity contribution is -0.887. The number of hydrogen-bond acceptors (Lipinski definition) is 6. The Balaban J connectivity index is 4.23. The molecule has 0 aliphatic rings. The summed E-state index contributed by atoms with van der Waals surface area (Å²) in [5.41, 5.74) is 0. The molecule has 0 aromatic carbocycles. The molecule has 0 spiro atoms. The molecule has 1 N–H and O–H groups in total. The van der Waals surface area contributed by atoms with Crippen LogP contribution in [0.4, 0.5) is 0 Å². The molecule has 0 aliphatic carbocycles. The number of rotatable bonds is 42. The van der Waals surface area contributed by atoms with Crippen molar-refractivity contribution in [3.8, 4) is 0 Å². The number of quaternary nitrogens is 1. The third-order valence-electron chi connectivity index (χ3n) is 10.5. The molecule has 0 rings (SSSR count). The van der Waals surface area contributed by atoms with E-state index in [9.17, 15) is 19.5 Å². The van der Waals surface area contributed by atoms with E-state index in [4.69, 9.17) is 14.2 Å². The molecule has 0 fully saturated rings. The first-order chi connectivity index (χ1) is 27.6. The van der Waals surface area contributed by atoms with Gasteiger partial charge in [-0.1, -0.05) is 159 Å². The number of likely N-dealkylation sites (N-methyl/N-ethyl adjacent to an activating group) is 1. The smallest absolute Gasteiger partial charge is 0.362 e. The Bertz CT molecular complexity index is 1030. The van der Waals surface area contributed by atoms with Crippen LogP contribution in [0.25, 0.3) is 0 Å². The van der Waals surface area contributed by atoms with E-state index < -0.39 is 18.1 Å². The van der Waals surface area contributed by atoms with Gasteiger partial charge in [0.1, 0.15) is 6.61 Å². The van der Waals surface area contributed by atoms with E-state index in [1.165, 1.54) is 103 Å². The van der Waals surface area contributed by atoms with Gasteiger partial charge in [-0.05, 0) is 64.2 Å². The normalized spacial score (nSPS) is 13.2. The van der Waals surface area contributed by atoms with E-state index >= 15 is 0 Å². The first-order valence-corrected chi connectivity index (χ1v) is 23.5. The van der Waals surface area contributed by atoms with Crippen LogP contribution in [0.5, 0.6) is 0 Å². The summed E-state index contributed by atoms with van der Waals surface area (Å²) in [6.07, 6.45) is 46.3. The van der Waals surface area contributed by atoms with Gasteiger partial charge in [0, 0.05) is 19.3 Å². The number of ether oxygens (including phenoxy) is 3. The number of aliphatic carboxylic acids is 1. The number of carboxylic acids is 1. The second-order valence-corrected chi connectivity index (χ2v) is 17.0. The van der Waals surface area contributed by atoms with E-state index in [-0.39, 0.29) is 36.2 Å². The Hall–Kier alpha value is -2.45. The molecule has 57 heavy (non-hydrogen) atoms. The van der Waals surface area contributed by atoms with Crippen molar-refractivity contribution < 1.29 is 38.2 Å². The zero-order chi connectivity index (χ0) is 42.1. The molecule has 8 heteroatoms. The van der Waals surface area contributed by atoms with Crippen LogP contribution in [-0.4, -0.2) is 80.6 Å². The number of hydrogen-bond donors (Lipinski definition) is 1. The van der Waals surface area contributed by atoms with Gasteiger partial charge in [0.2, 0.25) is 0 Å². The van der Waals surface area contributed by atoms with Crippen LogP contribution in [0.3, 0.4) is 0 Å². The average Bonchev–Trinajstić information content (AvgIpc) is 3.17. The summed E-state index contributed by atoms with van der Waals surface area (Å²) in [7, 11) is 5.52. The Morgan fingerprint density at radius 1 is 0.544 bits per heavy atom. The fourth-order valence-corrected chi connectivity index (χ4v) is 6.89. The summed E-state index contributed by atoms with van der Waals surface area (Å²) in [6.45, 7) is 4.62. The molecule has 2 atom stereocenters. The van der Waals surface area contributed by atoms with Crippen molar-refractivity contribution in [1.82, 2.24) is 0 Å². The lowest BCUT2D eigenvalue weighted by atomic mass is 10.1. The molecule has 0 heterocycles. The number of carbonyl (C=O) groups is 3. The fraction of sp³-hybridized carbons (Fsp3) is 0.816. The van der Waals surface area contributed by atoms with Gasteiger partial charge in [0.05, 0.1) is 34.4 Å². The molecule has 332 valence electrons. The number of allylic oxidation sites excluding steroid dienone is 6. The van der Waals surface area contributed by atoms with Gasteiger partial charge in [0.25, 0.3) is 0 Å². The minimum absolute atomic E-state index is 0.0550. The molecule has 0 aliphatic heterocycles. The summed E-state index contributed by atoms with van der Waals surface area (Å²) in [5.74, 6) is -1.49. The number of esters is 2. The number of unbranched alkanes of at least 4 members (excludes halogenated alkanes) is 22. The van der Waals surface area contributed by atoms with Crippen LogP contribution in [0, 0.1) is 0 Å². The maximum Gasteiger partial charge on any atom is 0.362 e. The average molecular weight is 805 g/mol. The van der Waals surface area contributed by atoms with Gasteiger partial charge in [-0.15, -0.1) is 0 Å². The minimum Gasteiger partial charge on any atom is -0.477 e. The zero-order valence-electron chi connectivity index (χ0n) is 37.8. The van der Waals surface area contributed by atoms with Gasteiger partial charge in [-0.3, -0.25) is 9.59 Å². The summed E-state index contributed by atoms with van der Waals surface area (Å²) in [5, 5.41) is 9.62. The quantitative estimate of drug-likeness (QED) is 0.0284. The standard InChI is InChI=1S/C49H89NO7/c1-6-8-10-12-14-16-18-20-21-22-23-24-25-26-27-28-30-31-33-35-37-39-47(51)56-44-45(43-55-42-41-46(49(53)54)50(3,4)5)57-48(52)40-38-36-34-32-29-19-17-15-13-11-9-7-2/h9,11,15,17,24-25,45-46H,6-8,10,12-14,16,18-23,26-44H2,1-5H3/p+1/b11-9+,17-15+,25-24+. The van der Waals surface area contributed by atoms with Crippen molar-refractivity contribution >= 4 is 17.9 Å². The molecule has 0 saturated carbocycles. The lowest BCUT2D eigenvalue weighted by Gasteiger charge is -2.31. The Labute approximate surface area is 351 Å². The monoisotopic (exact) mass is 805 g/mol. The Kier molecular flexibility index (Phi) is 38.6. The van der Waals surface area contributed by atoms with Crippen LogP contribution in [0.15, 0.2) is 36.5 Å². The van der Waals surface area contributed by atoms with E-state index in [2.05, 4.69) is 50.3 Å². The van der Waals surface area contributed by atoms with Crippen molar-refractivity contribution in [1.29, 1.82) is 0 Å². The van der Waals surface area contributed by atoms with Crippen molar-refractivity contribution in [2.45, 2.75) is 219 Å². The minimum atomic E-state index is -0.878. The molecule has 0 amide bonds. The third-order valence-corrected chi connectivity index (χ3v) is 10.5. The molecule has 0 saturated heterocycles. The fourth-order valence-electron chi connectivity index (χ4n) is 6.89. The highest BCUT2D eigenvalue weighted by Gasteiger charge is 2.31. The lowest BCUT2D eigenvalue weighted by Crippen LogP contribution is -2.50. The van der Waals surface area contributed by atoms with Gasteiger partial charge in [-0.25, -0.2) is 4.79 Å². The summed E-state index contributed by atoms with van der Waals surface area (Å²) in [4.78, 5) is 37.0. The van der Waals surface area contributed by atoms with Crippen molar-refractivity contribution in [2.75, 3.05) is 41.0 Å². The van der Waals surface area contributed by atoms with Crippen molar-refractivity contribution in [2.24, 2.45) is 0 Å². The summed E-state index contributed by atoms with van der Waals surface area (Å²) >= 11 is 0. The third kappa shape index (κ3) is 38.8. The van der Waals surface area contributed by atoms with Crippen LogP contribution in [0.2, 0.25) is 0 Å². The molecule has 0 aromatic rings. The van der Waals surface area contributed by atoms with Crippen molar-refractivity contribution in [3.63, 3.8) is 0 Å². The van der Waals surface area contributed by atoms with E-state index in [1.807, 2.05) is 21.1 Å². The molecule has 0 aromatic heterocycles. The zero-order valence-corrected chi connectivity index (χ0v) is 37.8. The van der Waals surface area contributed by atoms with Gasteiger partial charge in [-0.2, -0.15) is 0 Å². The molecular weight excluding hydrogens is 715 g/mol. The van der Waals surface area contributed by atoms with Crippen LogP contribution >= 0.6 is 0 Å². The number of carbonyl (C=O) groups excluding carboxylic acids is 2. The van der Waals surface area contributed by atoms with Crippen LogP contribution in [-0.2, 0) is 28.6 Å². The highest BCUT2D eigenvalue weighted by molar-refractivity contribution is 5.72. The first-order valence-electron chi connectivity index (χ1n) is 23.5. The van der Waals surface area contributed by atoms with Crippen LogP contribution in [0.1, 0.15) is 206 Å². The molecular formula is C49H90NO7+. The number of nitrogens with zero attached hydrogens (tertiary/aromatic N) is 1. The Morgan fingerprint density at radius 2 is 0.982 bits per heavy atom. The molecule has 2 unspecified atom stereocenters. The number of carboxylic acid groups (broad SMARTS) is 1. The summed E-state index contributed by atoms with van der Waals surface area (Å²) in [6, 6.07) is -0.617. The van der Waals surface area contributed by atoms with Crippen molar-refractivity contribution in [3.05, 3.63) is 36.5 Å².